The number of ether oxygens (including phenoxy) is 1. The standard InChI is InChI=1S/C22H17ClN4O4S/c1-24-17-5-9-21(25-13-17)19-12-16(4-8-20(19)23)26-22(28)15-2-6-18(7-3-15)27-10-11-31-14-32(27,29)30/h2-9,12-13H,10-11,14H2,(H,26,28). The summed E-state index contributed by atoms with van der Waals surface area (Å²) in [6.07, 6.45) is 1.46. The fraction of sp³-hybridized carbons (Fsp3) is 0.136. The van der Waals surface area contributed by atoms with Crippen LogP contribution in [0.25, 0.3) is 16.1 Å². The number of anilines is 2. The van der Waals surface area contributed by atoms with E-state index in [-0.39, 0.29) is 18.4 Å². The topological polar surface area (TPSA) is 93.0 Å². The molecule has 0 atom stereocenters. The molecule has 1 fully saturated rings. The molecule has 0 bridgehead atoms. The van der Waals surface area contributed by atoms with Gasteiger partial charge in [-0.15, -0.1) is 0 Å². The number of benzene rings is 2. The molecule has 1 N–H and O–H groups in total. The third-order valence-corrected chi connectivity index (χ3v) is 6.66. The van der Waals surface area contributed by atoms with Crippen molar-refractivity contribution in [3.8, 4) is 11.3 Å². The Labute approximate surface area is 190 Å². The first-order valence-electron chi connectivity index (χ1n) is 9.50. The van der Waals surface area contributed by atoms with Crippen molar-refractivity contribution in [2.45, 2.75) is 0 Å². The van der Waals surface area contributed by atoms with E-state index >= 15 is 0 Å². The number of hydrogen-bond donors (Lipinski definition) is 1. The molecule has 10 heteroatoms. The van der Waals surface area contributed by atoms with Gasteiger partial charge in [-0.1, -0.05) is 17.7 Å². The van der Waals surface area contributed by atoms with Crippen molar-refractivity contribution in [2.75, 3.05) is 28.7 Å². The average Bonchev–Trinajstić information content (AvgIpc) is 2.80. The molecule has 1 aliphatic rings. The Morgan fingerprint density at radius 1 is 1.16 bits per heavy atom. The van der Waals surface area contributed by atoms with Crippen LogP contribution in [0.3, 0.4) is 0 Å². The summed E-state index contributed by atoms with van der Waals surface area (Å²) in [5, 5.41) is 3.27. The van der Waals surface area contributed by atoms with E-state index in [9.17, 15) is 13.2 Å². The number of carbonyl (C=O) groups excluding carboxylic acids is 1. The van der Waals surface area contributed by atoms with Crippen molar-refractivity contribution >= 4 is 44.6 Å². The van der Waals surface area contributed by atoms with Gasteiger partial charge in [-0.3, -0.25) is 14.1 Å². The summed E-state index contributed by atoms with van der Waals surface area (Å²) in [5.74, 6) is -0.713. The summed E-state index contributed by atoms with van der Waals surface area (Å²) < 4.78 is 30.6. The van der Waals surface area contributed by atoms with Gasteiger partial charge < -0.3 is 10.1 Å². The number of aromatic nitrogens is 1. The number of nitrogens with zero attached hydrogens (tertiary/aromatic N) is 3. The molecular weight excluding hydrogens is 452 g/mol. The molecule has 162 valence electrons. The van der Waals surface area contributed by atoms with Crippen molar-refractivity contribution in [2.24, 2.45) is 0 Å². The molecule has 8 nitrogen and oxygen atoms in total. The van der Waals surface area contributed by atoms with Gasteiger partial charge in [0.05, 0.1) is 36.1 Å². The van der Waals surface area contributed by atoms with Crippen molar-refractivity contribution < 1.29 is 17.9 Å². The minimum atomic E-state index is -3.52. The zero-order chi connectivity index (χ0) is 22.7. The van der Waals surface area contributed by atoms with Crippen LogP contribution in [-0.2, 0) is 14.8 Å². The molecule has 0 saturated carbocycles. The van der Waals surface area contributed by atoms with E-state index in [1.165, 1.54) is 10.5 Å². The predicted molar refractivity (Wildman–Crippen MR) is 122 cm³/mol. The first-order valence-corrected chi connectivity index (χ1v) is 11.5. The second kappa shape index (κ2) is 8.96. The summed E-state index contributed by atoms with van der Waals surface area (Å²) >= 11 is 6.30. The molecule has 4 rings (SSSR count). The van der Waals surface area contributed by atoms with Crippen LogP contribution in [0.2, 0.25) is 5.02 Å². The lowest BCUT2D eigenvalue weighted by atomic mass is 10.1. The number of sulfonamides is 1. The number of hydrogen-bond acceptors (Lipinski definition) is 5. The monoisotopic (exact) mass is 468 g/mol. The quantitative estimate of drug-likeness (QED) is 0.575. The molecule has 0 radical (unpaired) electrons. The molecule has 32 heavy (non-hydrogen) atoms. The normalized spacial score (nSPS) is 15.1. The molecule has 0 aliphatic carbocycles. The Morgan fingerprint density at radius 3 is 2.59 bits per heavy atom. The molecule has 2 heterocycles. The van der Waals surface area contributed by atoms with Crippen molar-refractivity contribution in [3.63, 3.8) is 0 Å². The average molecular weight is 469 g/mol. The van der Waals surface area contributed by atoms with E-state index in [1.54, 1.807) is 54.6 Å². The summed E-state index contributed by atoms with van der Waals surface area (Å²) in [6, 6.07) is 14.7. The molecule has 0 unspecified atom stereocenters. The van der Waals surface area contributed by atoms with Gasteiger partial charge in [0.2, 0.25) is 5.69 Å². The Bertz CT molecular complexity index is 1300. The minimum Gasteiger partial charge on any atom is -0.362 e. The maximum absolute atomic E-state index is 12.7. The fourth-order valence-corrected chi connectivity index (χ4v) is 4.66. The second-order valence-corrected chi connectivity index (χ2v) is 9.17. The summed E-state index contributed by atoms with van der Waals surface area (Å²) in [5.41, 5.74) is 2.99. The lowest BCUT2D eigenvalue weighted by Crippen LogP contribution is -2.41. The first kappa shape index (κ1) is 21.8. The maximum atomic E-state index is 12.7. The lowest BCUT2D eigenvalue weighted by molar-refractivity contribution is 0.102. The van der Waals surface area contributed by atoms with Gasteiger partial charge in [0.15, 0.2) is 5.94 Å². The van der Waals surface area contributed by atoms with Crippen LogP contribution in [-0.4, -0.2) is 38.4 Å². The molecule has 0 spiro atoms. The Hall–Kier alpha value is -3.45. The largest absolute Gasteiger partial charge is 0.362 e. The summed E-state index contributed by atoms with van der Waals surface area (Å²) in [7, 11) is -3.52. The first-order chi connectivity index (χ1) is 15.4. The highest BCUT2D eigenvalue weighted by Gasteiger charge is 2.26. The third-order valence-electron chi connectivity index (χ3n) is 4.80. The van der Waals surface area contributed by atoms with Gasteiger partial charge in [-0.2, -0.15) is 0 Å². The van der Waals surface area contributed by atoms with Crippen LogP contribution in [0.15, 0.2) is 60.8 Å². The third kappa shape index (κ3) is 4.57. The van der Waals surface area contributed by atoms with Gasteiger partial charge in [-0.05, 0) is 48.5 Å². The van der Waals surface area contributed by atoms with Crippen molar-refractivity contribution in [3.05, 3.63) is 82.8 Å². The molecule has 3 aromatic rings. The van der Waals surface area contributed by atoms with Crippen molar-refractivity contribution in [1.82, 2.24) is 4.98 Å². The predicted octanol–water partition coefficient (Wildman–Crippen LogP) is 4.33. The molecule has 1 aromatic heterocycles. The number of rotatable bonds is 4. The van der Waals surface area contributed by atoms with Crippen LogP contribution in [0, 0.1) is 6.57 Å². The Kier molecular flexibility index (Phi) is 6.10. The van der Waals surface area contributed by atoms with Crippen LogP contribution in [0.4, 0.5) is 17.1 Å². The maximum Gasteiger partial charge on any atom is 0.259 e. The van der Waals surface area contributed by atoms with E-state index in [0.717, 1.165) is 0 Å². The van der Waals surface area contributed by atoms with E-state index in [0.29, 0.717) is 45.5 Å². The number of nitrogens with one attached hydrogen (secondary N) is 1. The summed E-state index contributed by atoms with van der Waals surface area (Å²) in [6.45, 7) is 7.56. The number of halogens is 1. The van der Waals surface area contributed by atoms with Crippen LogP contribution in [0.1, 0.15) is 10.4 Å². The Morgan fingerprint density at radius 2 is 1.94 bits per heavy atom. The van der Waals surface area contributed by atoms with Gasteiger partial charge in [0, 0.05) is 23.0 Å². The second-order valence-electron chi connectivity index (χ2n) is 6.92. The van der Waals surface area contributed by atoms with E-state index < -0.39 is 10.0 Å². The van der Waals surface area contributed by atoms with Crippen LogP contribution in [0.5, 0.6) is 0 Å². The molecule has 1 amide bonds. The minimum absolute atomic E-state index is 0.229. The van der Waals surface area contributed by atoms with Crippen LogP contribution < -0.4 is 9.62 Å². The smallest absolute Gasteiger partial charge is 0.259 e. The lowest BCUT2D eigenvalue weighted by Gasteiger charge is -2.28. The number of carbonyl (C=O) groups is 1. The van der Waals surface area contributed by atoms with Gasteiger partial charge in [0.25, 0.3) is 15.9 Å². The fourth-order valence-electron chi connectivity index (χ4n) is 3.20. The van der Waals surface area contributed by atoms with Gasteiger partial charge >= 0.3 is 0 Å². The van der Waals surface area contributed by atoms with Crippen molar-refractivity contribution in [1.29, 1.82) is 0 Å². The zero-order valence-corrected chi connectivity index (χ0v) is 18.2. The van der Waals surface area contributed by atoms with Gasteiger partial charge in [-0.25, -0.2) is 13.3 Å². The van der Waals surface area contributed by atoms with E-state index in [2.05, 4.69) is 15.1 Å². The highest BCUT2D eigenvalue weighted by molar-refractivity contribution is 7.92. The highest BCUT2D eigenvalue weighted by atomic mass is 35.5. The number of amides is 1. The zero-order valence-electron chi connectivity index (χ0n) is 16.7. The molecular formula is C22H17ClN4O4S. The van der Waals surface area contributed by atoms with E-state index in [4.69, 9.17) is 22.9 Å². The molecule has 2 aromatic carbocycles. The highest BCUT2D eigenvalue weighted by Crippen LogP contribution is 2.30. The van der Waals surface area contributed by atoms with Gasteiger partial charge in [0.1, 0.15) is 0 Å². The summed E-state index contributed by atoms with van der Waals surface area (Å²) in [4.78, 5) is 20.3. The number of pyridine rings is 1. The Balaban J connectivity index is 1.52. The SMILES string of the molecule is [C-]#[N+]c1ccc(-c2cc(NC(=O)c3ccc(N4CCOCS4(=O)=O)cc3)ccc2Cl)nc1. The molecule has 1 aliphatic heterocycles. The molecule has 1 saturated heterocycles. The van der Waals surface area contributed by atoms with Crippen LogP contribution >= 0.6 is 11.6 Å². The van der Waals surface area contributed by atoms with E-state index in [1.807, 2.05) is 0 Å².